The molecular formula is C22H27N3O2S. The summed E-state index contributed by atoms with van der Waals surface area (Å²) in [6.07, 6.45) is 8.00. The van der Waals surface area contributed by atoms with Crippen molar-refractivity contribution < 1.29 is 9.59 Å². The Morgan fingerprint density at radius 3 is 2.64 bits per heavy atom. The van der Waals surface area contributed by atoms with Gasteiger partial charge in [0.1, 0.15) is 5.82 Å². The van der Waals surface area contributed by atoms with Crippen molar-refractivity contribution in [1.82, 2.24) is 10.3 Å². The topological polar surface area (TPSA) is 71.1 Å². The molecule has 0 saturated heterocycles. The van der Waals surface area contributed by atoms with Gasteiger partial charge in [0, 0.05) is 17.6 Å². The number of rotatable bonds is 7. The van der Waals surface area contributed by atoms with Crippen LogP contribution in [0, 0.1) is 12.8 Å². The predicted molar refractivity (Wildman–Crippen MR) is 114 cm³/mol. The van der Waals surface area contributed by atoms with E-state index in [9.17, 15) is 9.59 Å². The highest BCUT2D eigenvalue weighted by Gasteiger charge is 2.16. The Morgan fingerprint density at radius 2 is 1.89 bits per heavy atom. The molecule has 1 fully saturated rings. The van der Waals surface area contributed by atoms with Gasteiger partial charge in [-0.15, -0.1) is 11.8 Å². The molecule has 2 N–H and O–H groups in total. The third kappa shape index (κ3) is 6.09. The maximum Gasteiger partial charge on any atom is 0.257 e. The first-order chi connectivity index (χ1) is 13.6. The molecule has 1 heterocycles. The van der Waals surface area contributed by atoms with Gasteiger partial charge in [0.25, 0.3) is 5.91 Å². The second-order valence-corrected chi connectivity index (χ2v) is 8.29. The molecule has 148 valence electrons. The highest BCUT2D eigenvalue weighted by molar-refractivity contribution is 8.00. The molecule has 0 aliphatic heterocycles. The molecule has 5 nitrogen and oxygen atoms in total. The highest BCUT2D eigenvalue weighted by atomic mass is 32.2. The van der Waals surface area contributed by atoms with Crippen LogP contribution in [0.4, 0.5) is 5.82 Å². The molecule has 0 unspecified atom stereocenters. The molecule has 0 atom stereocenters. The zero-order chi connectivity index (χ0) is 19.8. The van der Waals surface area contributed by atoms with Crippen molar-refractivity contribution in [2.45, 2.75) is 43.9 Å². The van der Waals surface area contributed by atoms with E-state index in [1.54, 1.807) is 18.3 Å². The molecule has 0 spiro atoms. The third-order valence-corrected chi connectivity index (χ3v) is 6.03. The second kappa shape index (κ2) is 10.3. The number of hydrogen-bond donors (Lipinski definition) is 2. The minimum absolute atomic E-state index is 0.0194. The summed E-state index contributed by atoms with van der Waals surface area (Å²) in [6.45, 7) is 2.71. The fourth-order valence-electron chi connectivity index (χ4n) is 3.35. The molecule has 0 bridgehead atoms. The fraction of sp³-hybridized carbons (Fsp3) is 0.409. The summed E-state index contributed by atoms with van der Waals surface area (Å²) < 4.78 is 0. The summed E-state index contributed by atoms with van der Waals surface area (Å²) >= 11 is 1.39. The Hall–Kier alpha value is -2.34. The van der Waals surface area contributed by atoms with Crippen molar-refractivity contribution in [3.8, 4) is 0 Å². The number of carbonyl (C=O) groups is 2. The van der Waals surface area contributed by atoms with Crippen LogP contribution in [0.25, 0.3) is 0 Å². The number of pyridine rings is 1. The van der Waals surface area contributed by atoms with E-state index in [4.69, 9.17) is 0 Å². The van der Waals surface area contributed by atoms with Gasteiger partial charge in [-0.2, -0.15) is 0 Å². The molecule has 1 aromatic carbocycles. The van der Waals surface area contributed by atoms with Gasteiger partial charge < -0.3 is 10.6 Å². The number of nitrogens with one attached hydrogen (secondary N) is 2. The number of hydrogen-bond acceptors (Lipinski definition) is 4. The molecule has 2 amide bonds. The molecular weight excluding hydrogens is 370 g/mol. The quantitative estimate of drug-likeness (QED) is 0.678. The van der Waals surface area contributed by atoms with Crippen LogP contribution in [0.5, 0.6) is 0 Å². The molecule has 1 aliphatic carbocycles. The summed E-state index contributed by atoms with van der Waals surface area (Å²) in [6, 6.07) is 11.0. The van der Waals surface area contributed by atoms with E-state index in [0.29, 0.717) is 23.1 Å². The molecule has 2 aromatic rings. The number of aromatic nitrogens is 1. The van der Waals surface area contributed by atoms with Gasteiger partial charge in [-0.25, -0.2) is 4.98 Å². The molecule has 0 radical (unpaired) electrons. The van der Waals surface area contributed by atoms with Crippen LogP contribution in [0.15, 0.2) is 47.5 Å². The first kappa shape index (κ1) is 20.4. The van der Waals surface area contributed by atoms with Gasteiger partial charge in [-0.3, -0.25) is 9.59 Å². The SMILES string of the molecule is Cc1ccc(NC(=O)c2ccccc2SCC(=O)NCC2CCCCC2)nc1. The van der Waals surface area contributed by atoms with E-state index in [2.05, 4.69) is 15.6 Å². The van der Waals surface area contributed by atoms with Crippen molar-refractivity contribution in [3.63, 3.8) is 0 Å². The summed E-state index contributed by atoms with van der Waals surface area (Å²) in [5, 5.41) is 5.86. The van der Waals surface area contributed by atoms with Crippen LogP contribution in [0.3, 0.4) is 0 Å². The van der Waals surface area contributed by atoms with Crippen LogP contribution in [0.1, 0.15) is 48.0 Å². The van der Waals surface area contributed by atoms with Gasteiger partial charge in [-0.05, 0) is 49.4 Å². The zero-order valence-electron chi connectivity index (χ0n) is 16.2. The lowest BCUT2D eigenvalue weighted by Crippen LogP contribution is -2.31. The fourth-order valence-corrected chi connectivity index (χ4v) is 4.23. The molecule has 28 heavy (non-hydrogen) atoms. The van der Waals surface area contributed by atoms with E-state index in [1.165, 1.54) is 43.9 Å². The monoisotopic (exact) mass is 397 g/mol. The van der Waals surface area contributed by atoms with Crippen LogP contribution >= 0.6 is 11.8 Å². The number of benzene rings is 1. The number of thioether (sulfide) groups is 1. The predicted octanol–water partition coefficient (Wildman–Crippen LogP) is 4.43. The summed E-state index contributed by atoms with van der Waals surface area (Å²) in [5.41, 5.74) is 1.59. The van der Waals surface area contributed by atoms with Crippen molar-refractivity contribution >= 4 is 29.4 Å². The molecule has 6 heteroatoms. The lowest BCUT2D eigenvalue weighted by atomic mass is 9.89. The molecule has 1 aliphatic rings. The summed E-state index contributed by atoms with van der Waals surface area (Å²) in [5.74, 6) is 1.23. The van der Waals surface area contributed by atoms with E-state index in [0.717, 1.165) is 17.0 Å². The van der Waals surface area contributed by atoms with E-state index in [1.807, 2.05) is 31.2 Å². The number of amides is 2. The Balaban J connectivity index is 1.53. The van der Waals surface area contributed by atoms with E-state index >= 15 is 0 Å². The second-order valence-electron chi connectivity index (χ2n) is 7.27. The van der Waals surface area contributed by atoms with Gasteiger partial charge in [0.2, 0.25) is 5.91 Å². The van der Waals surface area contributed by atoms with Gasteiger partial charge in [0.15, 0.2) is 0 Å². The van der Waals surface area contributed by atoms with Crippen molar-refractivity contribution in [1.29, 1.82) is 0 Å². The Bertz CT molecular complexity index is 802. The number of nitrogens with zero attached hydrogens (tertiary/aromatic N) is 1. The highest BCUT2D eigenvalue weighted by Crippen LogP contribution is 2.24. The zero-order valence-corrected chi connectivity index (χ0v) is 17.1. The summed E-state index contributed by atoms with van der Waals surface area (Å²) in [4.78, 5) is 29.9. The lowest BCUT2D eigenvalue weighted by Gasteiger charge is -2.21. The van der Waals surface area contributed by atoms with Crippen LogP contribution < -0.4 is 10.6 Å². The van der Waals surface area contributed by atoms with Gasteiger partial charge in [0.05, 0.1) is 11.3 Å². The normalized spacial score (nSPS) is 14.5. The first-order valence-corrected chi connectivity index (χ1v) is 10.8. The Kier molecular flexibility index (Phi) is 7.48. The van der Waals surface area contributed by atoms with Crippen LogP contribution in [0.2, 0.25) is 0 Å². The van der Waals surface area contributed by atoms with E-state index in [-0.39, 0.29) is 11.8 Å². The van der Waals surface area contributed by atoms with Crippen molar-refractivity contribution in [2.75, 3.05) is 17.6 Å². The first-order valence-electron chi connectivity index (χ1n) is 9.84. The molecule has 1 aromatic heterocycles. The lowest BCUT2D eigenvalue weighted by molar-refractivity contribution is -0.118. The number of aryl methyl sites for hydroxylation is 1. The van der Waals surface area contributed by atoms with Crippen molar-refractivity contribution in [2.24, 2.45) is 5.92 Å². The average Bonchev–Trinajstić information content (AvgIpc) is 2.73. The Labute approximate surface area is 170 Å². The maximum absolute atomic E-state index is 12.6. The van der Waals surface area contributed by atoms with Crippen LogP contribution in [-0.4, -0.2) is 29.1 Å². The van der Waals surface area contributed by atoms with Gasteiger partial charge >= 0.3 is 0 Å². The summed E-state index contributed by atoms with van der Waals surface area (Å²) in [7, 11) is 0. The molecule has 1 saturated carbocycles. The Morgan fingerprint density at radius 1 is 1.11 bits per heavy atom. The van der Waals surface area contributed by atoms with Crippen LogP contribution in [-0.2, 0) is 4.79 Å². The van der Waals surface area contributed by atoms with Crippen molar-refractivity contribution in [3.05, 3.63) is 53.7 Å². The number of carbonyl (C=O) groups excluding carboxylic acids is 2. The van der Waals surface area contributed by atoms with E-state index < -0.39 is 0 Å². The smallest absolute Gasteiger partial charge is 0.257 e. The molecule has 3 rings (SSSR count). The standard InChI is InChI=1S/C22H27N3O2S/c1-16-11-12-20(23-13-16)25-22(27)18-9-5-6-10-19(18)28-15-21(26)24-14-17-7-3-2-4-8-17/h5-6,9-13,17H,2-4,7-8,14-15H2,1H3,(H,24,26)(H,23,25,27). The largest absolute Gasteiger partial charge is 0.355 e. The number of anilines is 1. The maximum atomic E-state index is 12.6. The average molecular weight is 398 g/mol. The minimum Gasteiger partial charge on any atom is -0.355 e. The third-order valence-electron chi connectivity index (χ3n) is 4.96. The van der Waals surface area contributed by atoms with Gasteiger partial charge in [-0.1, -0.05) is 37.5 Å². The minimum atomic E-state index is -0.220.